The molecule has 1 amide bonds. The van der Waals surface area contributed by atoms with E-state index in [1.165, 1.54) is 7.11 Å². The molecule has 1 heterocycles. The van der Waals surface area contributed by atoms with Gasteiger partial charge in [-0.3, -0.25) is 0 Å². The molecule has 0 atom stereocenters. The van der Waals surface area contributed by atoms with Gasteiger partial charge in [0.25, 0.3) is 0 Å². The van der Waals surface area contributed by atoms with E-state index in [0.717, 1.165) is 20.0 Å². The number of imidazole rings is 1. The van der Waals surface area contributed by atoms with E-state index in [1.54, 1.807) is 13.2 Å². The van der Waals surface area contributed by atoms with Gasteiger partial charge in [-0.15, -0.1) is 0 Å². The van der Waals surface area contributed by atoms with Gasteiger partial charge in [0.15, 0.2) is 0 Å². The summed E-state index contributed by atoms with van der Waals surface area (Å²) in [6.45, 7) is 4.09. The predicted octanol–water partition coefficient (Wildman–Crippen LogP) is 1.97. The van der Waals surface area contributed by atoms with Crippen molar-refractivity contribution in [1.82, 2.24) is 9.97 Å². The summed E-state index contributed by atoms with van der Waals surface area (Å²) in [7, 11) is 2.92. The first-order chi connectivity index (χ1) is 13.1. The third kappa shape index (κ3) is 4.61. The number of rotatable bonds is 7. The predicted molar refractivity (Wildman–Crippen MR) is 106 cm³/mol. The Balaban J connectivity index is 1.81. The fourth-order valence-electron chi connectivity index (χ4n) is 2.38. The number of fused-ring (bicyclic) bond motifs is 1. The number of anilines is 1. The molecule has 0 unspecified atom stereocenters. The van der Waals surface area contributed by atoms with E-state index in [2.05, 4.69) is 26.6 Å². The molecular formula is C19H19N3O4Se. The van der Waals surface area contributed by atoms with Gasteiger partial charge in [-0.25, -0.2) is 0 Å². The molecule has 0 aliphatic rings. The van der Waals surface area contributed by atoms with Gasteiger partial charge < -0.3 is 0 Å². The number of aromatic nitrogens is 2. The maximum absolute atomic E-state index is 11.3. The standard InChI is InChI=1S/C19H19N3O4Se/c1-4-9-26-17-11-13(6-8-16(17)24-2)27-12-5-7-14-15(10-12)21-18(20-14)22-19(23)25-3/h4-8,10-11H,1,9H2,2-3H3,(H2,20,21,22,23). The van der Waals surface area contributed by atoms with E-state index >= 15 is 0 Å². The van der Waals surface area contributed by atoms with E-state index in [4.69, 9.17) is 9.47 Å². The average Bonchev–Trinajstić information content (AvgIpc) is 3.07. The van der Waals surface area contributed by atoms with Crippen molar-refractivity contribution in [3.8, 4) is 11.5 Å². The average molecular weight is 432 g/mol. The zero-order valence-electron chi connectivity index (χ0n) is 14.9. The Bertz CT molecular complexity index is 971. The van der Waals surface area contributed by atoms with E-state index in [9.17, 15) is 4.79 Å². The summed E-state index contributed by atoms with van der Waals surface area (Å²) < 4.78 is 17.9. The van der Waals surface area contributed by atoms with Crippen LogP contribution in [-0.4, -0.2) is 51.8 Å². The van der Waals surface area contributed by atoms with Crippen LogP contribution in [0, 0.1) is 0 Å². The third-order valence-corrected chi connectivity index (χ3v) is 5.64. The van der Waals surface area contributed by atoms with Gasteiger partial charge in [0.1, 0.15) is 0 Å². The molecule has 3 aromatic rings. The molecule has 0 spiro atoms. The minimum atomic E-state index is -0.566. The number of nitrogens with zero attached hydrogens (tertiary/aromatic N) is 1. The fraction of sp³-hybridized carbons (Fsp3) is 0.158. The van der Waals surface area contributed by atoms with Crippen molar-refractivity contribution >= 4 is 47.0 Å². The molecule has 0 radical (unpaired) electrons. The van der Waals surface area contributed by atoms with Crippen molar-refractivity contribution in [1.29, 1.82) is 0 Å². The number of amides is 1. The molecule has 8 heteroatoms. The van der Waals surface area contributed by atoms with Gasteiger partial charge in [0, 0.05) is 0 Å². The number of ether oxygens (including phenoxy) is 3. The summed E-state index contributed by atoms with van der Waals surface area (Å²) in [6.07, 6.45) is 1.13. The second-order valence-electron chi connectivity index (χ2n) is 5.40. The Morgan fingerprint density at radius 2 is 2.00 bits per heavy atom. The number of benzene rings is 2. The van der Waals surface area contributed by atoms with Crippen molar-refractivity contribution < 1.29 is 19.0 Å². The SMILES string of the molecule is C=CCOc1cc([Se]c2ccc3nc(NC(=O)OC)[nH]c3c2)ccc1OC. The number of hydrogen-bond donors (Lipinski definition) is 2. The van der Waals surface area contributed by atoms with Crippen LogP contribution in [0.2, 0.25) is 0 Å². The molecule has 0 aliphatic carbocycles. The van der Waals surface area contributed by atoms with Gasteiger partial charge in [-0.1, -0.05) is 0 Å². The van der Waals surface area contributed by atoms with Crippen LogP contribution in [0.15, 0.2) is 49.1 Å². The normalized spacial score (nSPS) is 10.4. The molecule has 0 saturated carbocycles. The number of carbonyl (C=O) groups is 1. The number of aromatic amines is 1. The first kappa shape index (κ1) is 18.8. The van der Waals surface area contributed by atoms with Crippen molar-refractivity contribution in [2.45, 2.75) is 0 Å². The molecule has 7 nitrogen and oxygen atoms in total. The van der Waals surface area contributed by atoms with Crippen LogP contribution in [0.25, 0.3) is 11.0 Å². The molecule has 2 N–H and O–H groups in total. The Hall–Kier alpha value is -2.96. The molecule has 3 rings (SSSR count). The monoisotopic (exact) mass is 433 g/mol. The Morgan fingerprint density at radius 3 is 2.74 bits per heavy atom. The molecule has 0 saturated heterocycles. The molecule has 1 aromatic heterocycles. The Kier molecular flexibility index (Phi) is 6.01. The van der Waals surface area contributed by atoms with Crippen molar-refractivity contribution in [2.75, 3.05) is 26.1 Å². The summed E-state index contributed by atoms with van der Waals surface area (Å²) >= 11 is 0.0633. The van der Waals surface area contributed by atoms with Crippen LogP contribution in [0.5, 0.6) is 11.5 Å². The molecule has 0 fully saturated rings. The summed E-state index contributed by atoms with van der Waals surface area (Å²) in [6, 6.07) is 11.9. The van der Waals surface area contributed by atoms with E-state index in [-0.39, 0.29) is 15.0 Å². The summed E-state index contributed by atoms with van der Waals surface area (Å²) in [5.74, 6) is 1.74. The quantitative estimate of drug-likeness (QED) is 0.441. The molecule has 0 bridgehead atoms. The molecule has 0 aliphatic heterocycles. The first-order valence-corrected chi connectivity index (χ1v) is 9.78. The second kappa shape index (κ2) is 8.62. The Labute approximate surface area is 162 Å². The van der Waals surface area contributed by atoms with Crippen LogP contribution in [-0.2, 0) is 4.74 Å². The molecule has 2 aromatic carbocycles. The van der Waals surface area contributed by atoms with Crippen LogP contribution >= 0.6 is 0 Å². The van der Waals surface area contributed by atoms with Crippen LogP contribution in [0.4, 0.5) is 10.7 Å². The van der Waals surface area contributed by atoms with Crippen molar-refractivity contribution in [3.63, 3.8) is 0 Å². The zero-order chi connectivity index (χ0) is 19.2. The van der Waals surface area contributed by atoms with Crippen LogP contribution < -0.4 is 23.7 Å². The van der Waals surface area contributed by atoms with Crippen LogP contribution in [0.1, 0.15) is 0 Å². The van der Waals surface area contributed by atoms with Crippen molar-refractivity contribution in [3.05, 3.63) is 49.1 Å². The number of H-pyrrole nitrogens is 1. The van der Waals surface area contributed by atoms with Gasteiger partial charge in [0.2, 0.25) is 0 Å². The number of hydrogen-bond acceptors (Lipinski definition) is 5. The van der Waals surface area contributed by atoms with E-state index in [1.807, 2.05) is 36.4 Å². The van der Waals surface area contributed by atoms with Gasteiger partial charge in [-0.2, -0.15) is 0 Å². The number of methoxy groups -OCH3 is 2. The summed E-state index contributed by atoms with van der Waals surface area (Å²) in [5, 5.41) is 2.53. The fourth-order valence-corrected chi connectivity index (χ4v) is 4.24. The van der Waals surface area contributed by atoms with Gasteiger partial charge in [-0.05, 0) is 0 Å². The summed E-state index contributed by atoms with van der Waals surface area (Å²) in [4.78, 5) is 18.7. The second-order valence-corrected chi connectivity index (χ2v) is 7.80. The minimum absolute atomic E-state index is 0.0633. The topological polar surface area (TPSA) is 85.5 Å². The maximum atomic E-state index is 11.3. The first-order valence-electron chi connectivity index (χ1n) is 8.07. The van der Waals surface area contributed by atoms with Gasteiger partial charge in [0.05, 0.1) is 0 Å². The van der Waals surface area contributed by atoms with Crippen molar-refractivity contribution in [2.24, 2.45) is 0 Å². The molecule has 140 valence electrons. The van der Waals surface area contributed by atoms with E-state index in [0.29, 0.717) is 24.1 Å². The molecule has 27 heavy (non-hydrogen) atoms. The molecular weight excluding hydrogens is 413 g/mol. The zero-order valence-corrected chi connectivity index (χ0v) is 16.7. The van der Waals surface area contributed by atoms with E-state index < -0.39 is 6.09 Å². The number of carbonyl (C=O) groups excluding carboxylic acids is 1. The van der Waals surface area contributed by atoms with Gasteiger partial charge >= 0.3 is 163 Å². The Morgan fingerprint density at radius 1 is 1.22 bits per heavy atom. The van der Waals surface area contributed by atoms with Crippen LogP contribution in [0.3, 0.4) is 0 Å². The third-order valence-electron chi connectivity index (χ3n) is 3.59. The summed E-state index contributed by atoms with van der Waals surface area (Å²) in [5.41, 5.74) is 1.61. The number of nitrogens with one attached hydrogen (secondary N) is 2.